The Morgan fingerprint density at radius 1 is 0.632 bits per heavy atom. The van der Waals surface area contributed by atoms with Crippen molar-refractivity contribution in [3.8, 4) is 0 Å². The molecule has 0 N–H and O–H groups in total. The van der Waals surface area contributed by atoms with Gasteiger partial charge in [-0.15, -0.1) is 0 Å². The molecule has 0 atom stereocenters. The molecule has 0 bridgehead atoms. The molecule has 2 heterocycles. The number of carbonyl (C=O) groups is 1. The lowest BCUT2D eigenvalue weighted by Gasteiger charge is -2.41. The summed E-state index contributed by atoms with van der Waals surface area (Å²) in [6.45, 7) is 3.99. The number of likely N-dealkylation sites (tertiary alicyclic amines) is 2. The maximum Gasteiger partial charge on any atom is 0.319 e. The second kappa shape index (κ2) is 5.72. The summed E-state index contributed by atoms with van der Waals surface area (Å²) in [7, 11) is 0. The second-order valence-corrected chi connectivity index (χ2v) is 6.88. The quantitative estimate of drug-likeness (QED) is 0.655. The number of nitrogens with zero attached hydrogens (tertiary/aromatic N) is 2. The Hall–Kier alpha value is -0.730. The maximum atomic E-state index is 12.6. The smallest absolute Gasteiger partial charge is 0.319 e. The van der Waals surface area contributed by atoms with Gasteiger partial charge in [-0.3, -0.25) is 0 Å². The minimum atomic E-state index is 0.328. The van der Waals surface area contributed by atoms with Crippen LogP contribution in [0.3, 0.4) is 0 Å². The lowest BCUT2D eigenvalue weighted by molar-refractivity contribution is 0.0992. The first kappa shape index (κ1) is 13.3. The second-order valence-electron chi connectivity index (χ2n) is 6.88. The largest absolute Gasteiger partial charge is 0.325 e. The molecule has 19 heavy (non-hydrogen) atoms. The SMILES string of the molecule is O=C(N1CCCCCC1)N1CCC2(CCCC2)CC1. The van der Waals surface area contributed by atoms with Crippen LogP contribution >= 0.6 is 0 Å². The van der Waals surface area contributed by atoms with Gasteiger partial charge in [0, 0.05) is 26.2 Å². The standard InChI is InChI=1S/C16H28N2O/c19-15(17-11-5-1-2-6-12-17)18-13-9-16(10-14-18)7-3-4-8-16/h1-14H2. The van der Waals surface area contributed by atoms with Crippen LogP contribution in [-0.4, -0.2) is 42.0 Å². The highest BCUT2D eigenvalue weighted by Gasteiger charge is 2.38. The molecule has 0 radical (unpaired) electrons. The molecule has 3 rings (SSSR count). The molecule has 1 spiro atoms. The van der Waals surface area contributed by atoms with Crippen LogP contribution < -0.4 is 0 Å². The highest BCUT2D eigenvalue weighted by atomic mass is 16.2. The van der Waals surface area contributed by atoms with Crippen LogP contribution in [0, 0.1) is 5.41 Å². The molecule has 108 valence electrons. The molecule has 2 aliphatic heterocycles. The van der Waals surface area contributed by atoms with Gasteiger partial charge in [0.2, 0.25) is 0 Å². The Morgan fingerprint density at radius 2 is 1.16 bits per heavy atom. The fourth-order valence-corrected chi connectivity index (χ4v) is 4.26. The summed E-state index contributed by atoms with van der Waals surface area (Å²) in [6.07, 6.45) is 13.2. The highest BCUT2D eigenvalue weighted by Crippen LogP contribution is 2.46. The predicted molar refractivity (Wildman–Crippen MR) is 77.1 cm³/mol. The lowest BCUT2D eigenvalue weighted by Crippen LogP contribution is -2.48. The van der Waals surface area contributed by atoms with E-state index in [1.165, 1.54) is 64.2 Å². The Kier molecular flexibility index (Phi) is 3.99. The summed E-state index contributed by atoms with van der Waals surface area (Å²) < 4.78 is 0. The van der Waals surface area contributed by atoms with Crippen LogP contribution in [0.2, 0.25) is 0 Å². The van der Waals surface area contributed by atoms with E-state index >= 15 is 0 Å². The zero-order valence-corrected chi connectivity index (χ0v) is 12.2. The van der Waals surface area contributed by atoms with E-state index < -0.39 is 0 Å². The van der Waals surface area contributed by atoms with Gasteiger partial charge >= 0.3 is 6.03 Å². The van der Waals surface area contributed by atoms with Gasteiger partial charge < -0.3 is 9.80 Å². The van der Waals surface area contributed by atoms with Crippen molar-refractivity contribution in [2.24, 2.45) is 5.41 Å². The normalized spacial score (nSPS) is 27.6. The summed E-state index contributed by atoms with van der Waals surface area (Å²) >= 11 is 0. The average Bonchev–Trinajstić information content (AvgIpc) is 2.73. The molecular formula is C16H28N2O. The van der Waals surface area contributed by atoms with Gasteiger partial charge in [-0.1, -0.05) is 25.7 Å². The Balaban J connectivity index is 1.53. The van der Waals surface area contributed by atoms with E-state index in [2.05, 4.69) is 9.80 Å². The summed E-state index contributed by atoms with van der Waals surface area (Å²) in [6, 6.07) is 0.328. The lowest BCUT2D eigenvalue weighted by atomic mass is 9.77. The first-order chi connectivity index (χ1) is 9.29. The molecule has 0 aromatic heterocycles. The summed E-state index contributed by atoms with van der Waals surface area (Å²) in [5.74, 6) is 0. The fraction of sp³-hybridized carbons (Fsp3) is 0.938. The van der Waals surface area contributed by atoms with Gasteiger partial charge in [-0.05, 0) is 43.9 Å². The maximum absolute atomic E-state index is 12.6. The Morgan fingerprint density at radius 3 is 1.74 bits per heavy atom. The first-order valence-electron chi connectivity index (χ1n) is 8.33. The van der Waals surface area contributed by atoms with Crippen molar-refractivity contribution in [3.05, 3.63) is 0 Å². The van der Waals surface area contributed by atoms with Crippen molar-refractivity contribution in [1.82, 2.24) is 9.80 Å². The van der Waals surface area contributed by atoms with Crippen LogP contribution in [0.4, 0.5) is 4.79 Å². The number of carbonyl (C=O) groups excluding carboxylic acids is 1. The number of amides is 2. The predicted octanol–water partition coefficient (Wildman–Crippen LogP) is 3.64. The van der Waals surface area contributed by atoms with Crippen LogP contribution in [0.1, 0.15) is 64.2 Å². The molecule has 3 heteroatoms. The van der Waals surface area contributed by atoms with E-state index in [0.29, 0.717) is 11.4 Å². The average molecular weight is 264 g/mol. The summed E-state index contributed by atoms with van der Waals surface area (Å²) in [5.41, 5.74) is 0.621. The van der Waals surface area contributed by atoms with Gasteiger partial charge in [-0.2, -0.15) is 0 Å². The van der Waals surface area contributed by atoms with Crippen LogP contribution in [0.5, 0.6) is 0 Å². The van der Waals surface area contributed by atoms with Gasteiger partial charge in [0.05, 0.1) is 0 Å². The van der Waals surface area contributed by atoms with Crippen LogP contribution in [-0.2, 0) is 0 Å². The molecule has 2 amide bonds. The number of rotatable bonds is 0. The zero-order chi connectivity index (χ0) is 13.1. The van der Waals surface area contributed by atoms with E-state index in [1.54, 1.807) is 0 Å². The van der Waals surface area contributed by atoms with Gasteiger partial charge in [0.1, 0.15) is 0 Å². The van der Waals surface area contributed by atoms with Crippen molar-refractivity contribution in [1.29, 1.82) is 0 Å². The number of hydrogen-bond donors (Lipinski definition) is 0. The third kappa shape index (κ3) is 2.90. The number of piperidine rings is 1. The highest BCUT2D eigenvalue weighted by molar-refractivity contribution is 5.74. The minimum Gasteiger partial charge on any atom is -0.325 e. The first-order valence-corrected chi connectivity index (χ1v) is 8.33. The molecule has 0 aromatic rings. The van der Waals surface area contributed by atoms with Crippen LogP contribution in [0.15, 0.2) is 0 Å². The number of urea groups is 1. The Labute approximate surface area is 117 Å². The summed E-state index contributed by atoms with van der Waals surface area (Å²) in [5, 5.41) is 0. The van der Waals surface area contributed by atoms with Crippen molar-refractivity contribution in [2.75, 3.05) is 26.2 Å². The monoisotopic (exact) mass is 264 g/mol. The van der Waals surface area contributed by atoms with Crippen LogP contribution in [0.25, 0.3) is 0 Å². The van der Waals surface area contributed by atoms with E-state index in [-0.39, 0.29) is 0 Å². The molecule has 0 aromatic carbocycles. The minimum absolute atomic E-state index is 0.328. The van der Waals surface area contributed by atoms with Gasteiger partial charge in [0.15, 0.2) is 0 Å². The van der Waals surface area contributed by atoms with Crippen molar-refractivity contribution < 1.29 is 4.79 Å². The van der Waals surface area contributed by atoms with E-state index in [1.807, 2.05) is 0 Å². The van der Waals surface area contributed by atoms with Crippen molar-refractivity contribution in [3.63, 3.8) is 0 Å². The molecular weight excluding hydrogens is 236 g/mol. The zero-order valence-electron chi connectivity index (χ0n) is 12.2. The van der Waals surface area contributed by atoms with Crippen molar-refractivity contribution in [2.45, 2.75) is 64.2 Å². The third-order valence-corrected chi connectivity index (χ3v) is 5.64. The molecule has 0 unspecified atom stereocenters. The summed E-state index contributed by atoms with van der Waals surface area (Å²) in [4.78, 5) is 16.8. The van der Waals surface area contributed by atoms with Crippen molar-refractivity contribution >= 4 is 6.03 Å². The topological polar surface area (TPSA) is 23.6 Å². The Bertz CT molecular complexity index is 305. The fourth-order valence-electron chi connectivity index (χ4n) is 4.26. The molecule has 3 fully saturated rings. The molecule has 2 saturated heterocycles. The third-order valence-electron chi connectivity index (χ3n) is 5.64. The van der Waals surface area contributed by atoms with Gasteiger partial charge in [0.25, 0.3) is 0 Å². The van der Waals surface area contributed by atoms with E-state index in [4.69, 9.17) is 0 Å². The molecule has 1 saturated carbocycles. The molecule has 3 nitrogen and oxygen atoms in total. The van der Waals surface area contributed by atoms with E-state index in [0.717, 1.165) is 26.2 Å². The van der Waals surface area contributed by atoms with Gasteiger partial charge in [-0.25, -0.2) is 4.79 Å². The van der Waals surface area contributed by atoms with E-state index in [9.17, 15) is 4.79 Å². The molecule has 3 aliphatic rings. The number of hydrogen-bond acceptors (Lipinski definition) is 1. The molecule has 1 aliphatic carbocycles.